The third kappa shape index (κ3) is 2.75. The van der Waals surface area contributed by atoms with Gasteiger partial charge in [-0.3, -0.25) is 0 Å². The van der Waals surface area contributed by atoms with Crippen molar-refractivity contribution < 1.29 is 9.94 Å². The summed E-state index contributed by atoms with van der Waals surface area (Å²) in [7, 11) is 0. The molecule has 16 heavy (non-hydrogen) atoms. The van der Waals surface area contributed by atoms with Crippen LogP contribution in [0.3, 0.4) is 0 Å². The largest absolute Gasteiger partial charge is 0.488 e. The molecule has 0 saturated carbocycles. The number of nitrogens with one attached hydrogen (secondary N) is 1. The van der Waals surface area contributed by atoms with E-state index in [2.05, 4.69) is 26.4 Å². The summed E-state index contributed by atoms with van der Waals surface area (Å²) in [4.78, 5) is 0.841. The van der Waals surface area contributed by atoms with Crippen LogP contribution in [0.25, 0.3) is 0 Å². The van der Waals surface area contributed by atoms with E-state index < -0.39 is 0 Å². The minimum absolute atomic E-state index is 0.248. The minimum atomic E-state index is 0.248. The van der Waals surface area contributed by atoms with Crippen LogP contribution in [-0.2, 0) is 0 Å². The van der Waals surface area contributed by atoms with Crippen molar-refractivity contribution >= 4 is 33.5 Å². The van der Waals surface area contributed by atoms with Gasteiger partial charge in [0.2, 0.25) is 0 Å². The topological polar surface area (TPSA) is 53.9 Å². The highest BCUT2D eigenvalue weighted by Gasteiger charge is 2.18. The summed E-state index contributed by atoms with van der Waals surface area (Å²) in [6.45, 7) is 1.99. The first-order valence-corrected chi connectivity index (χ1v) is 6.80. The summed E-state index contributed by atoms with van der Waals surface area (Å²) >= 11 is 4.93. The summed E-state index contributed by atoms with van der Waals surface area (Å²) in [5.41, 5.74) is 0. The van der Waals surface area contributed by atoms with E-state index in [4.69, 9.17) is 9.94 Å². The van der Waals surface area contributed by atoms with Crippen LogP contribution in [0.15, 0.2) is 15.0 Å². The fraction of sp³-hybridized carbons (Fsp3) is 0.500. The van der Waals surface area contributed by atoms with Crippen LogP contribution in [0.5, 0.6) is 5.75 Å². The van der Waals surface area contributed by atoms with Crippen LogP contribution in [0.1, 0.15) is 17.7 Å². The predicted octanol–water partition coefficient (Wildman–Crippen LogP) is 2.45. The molecular weight excluding hydrogens is 292 g/mol. The molecule has 1 saturated heterocycles. The van der Waals surface area contributed by atoms with Crippen LogP contribution < -0.4 is 10.1 Å². The van der Waals surface area contributed by atoms with Crippen LogP contribution in [0.4, 0.5) is 0 Å². The van der Waals surface area contributed by atoms with Gasteiger partial charge in [-0.1, -0.05) is 5.16 Å². The minimum Gasteiger partial charge on any atom is -0.488 e. The number of hydrogen-bond donors (Lipinski definition) is 2. The molecule has 0 atom stereocenters. The molecule has 0 radical (unpaired) electrons. The van der Waals surface area contributed by atoms with E-state index >= 15 is 0 Å². The van der Waals surface area contributed by atoms with Gasteiger partial charge in [0.15, 0.2) is 5.75 Å². The van der Waals surface area contributed by atoms with Crippen molar-refractivity contribution in [3.63, 3.8) is 0 Å². The molecule has 88 valence electrons. The summed E-state index contributed by atoms with van der Waals surface area (Å²) < 4.78 is 6.85. The molecule has 0 amide bonds. The van der Waals surface area contributed by atoms with E-state index in [1.807, 2.05) is 5.38 Å². The number of hydrogen-bond acceptors (Lipinski definition) is 5. The van der Waals surface area contributed by atoms with Gasteiger partial charge >= 0.3 is 0 Å². The Kier molecular flexibility index (Phi) is 4.20. The zero-order chi connectivity index (χ0) is 11.4. The number of rotatable bonds is 3. The number of halogens is 1. The van der Waals surface area contributed by atoms with E-state index in [0.717, 1.165) is 41.0 Å². The fourth-order valence-electron chi connectivity index (χ4n) is 1.68. The molecule has 1 aromatic rings. The summed E-state index contributed by atoms with van der Waals surface area (Å²) in [6.07, 6.45) is 3.68. The second-order valence-electron chi connectivity index (χ2n) is 3.59. The molecule has 6 heteroatoms. The van der Waals surface area contributed by atoms with Gasteiger partial charge in [0.25, 0.3) is 0 Å². The molecule has 1 fully saturated rings. The van der Waals surface area contributed by atoms with Crippen LogP contribution in [0.2, 0.25) is 0 Å². The van der Waals surface area contributed by atoms with Gasteiger partial charge in [0, 0.05) is 5.38 Å². The zero-order valence-electron chi connectivity index (χ0n) is 8.65. The Labute approximate surface area is 106 Å². The van der Waals surface area contributed by atoms with Gasteiger partial charge in [-0.05, 0) is 41.9 Å². The zero-order valence-corrected chi connectivity index (χ0v) is 11.1. The third-order valence-corrected chi connectivity index (χ3v) is 4.27. The second-order valence-corrected chi connectivity index (χ2v) is 5.35. The maximum atomic E-state index is 8.55. The summed E-state index contributed by atoms with van der Waals surface area (Å²) in [5.74, 6) is 0.787. The van der Waals surface area contributed by atoms with E-state index in [1.165, 1.54) is 17.6 Å². The van der Waals surface area contributed by atoms with Gasteiger partial charge in [-0.2, -0.15) is 0 Å². The monoisotopic (exact) mass is 304 g/mol. The molecule has 2 N–H and O–H groups in total. The van der Waals surface area contributed by atoms with Gasteiger partial charge < -0.3 is 15.3 Å². The second kappa shape index (κ2) is 5.65. The average molecular weight is 305 g/mol. The summed E-state index contributed by atoms with van der Waals surface area (Å²) in [5, 5.41) is 16.8. The Hall–Kier alpha value is -0.590. The molecule has 0 spiro atoms. The Morgan fingerprint density at radius 3 is 3.00 bits per heavy atom. The predicted molar refractivity (Wildman–Crippen MR) is 67.9 cm³/mol. The van der Waals surface area contributed by atoms with Crippen molar-refractivity contribution in [1.29, 1.82) is 0 Å². The lowest BCUT2D eigenvalue weighted by molar-refractivity contribution is 0.162. The fourth-order valence-corrected chi connectivity index (χ4v) is 3.10. The SMILES string of the molecule is O/N=C/c1scc(Br)c1OC1CCNCC1. The van der Waals surface area contributed by atoms with Crippen molar-refractivity contribution in [2.24, 2.45) is 5.16 Å². The molecule has 0 aromatic carbocycles. The standard InChI is InChI=1S/C10H13BrN2O2S/c11-8-6-16-9(5-13-14)10(8)15-7-1-3-12-4-2-7/h5-7,12,14H,1-4H2/b13-5+. The lowest BCUT2D eigenvalue weighted by Gasteiger charge is -2.23. The quantitative estimate of drug-likeness (QED) is 0.512. The molecule has 1 aliphatic rings. The van der Waals surface area contributed by atoms with E-state index in [1.54, 1.807) is 0 Å². The third-order valence-electron chi connectivity index (χ3n) is 2.48. The van der Waals surface area contributed by atoms with Crippen LogP contribution in [0, 0.1) is 0 Å². The molecule has 0 unspecified atom stereocenters. The highest BCUT2D eigenvalue weighted by Crippen LogP contribution is 2.35. The average Bonchev–Trinajstić information content (AvgIpc) is 2.64. The normalized spacial score (nSPS) is 18.1. The Morgan fingerprint density at radius 2 is 2.31 bits per heavy atom. The molecule has 1 aliphatic heterocycles. The van der Waals surface area contributed by atoms with E-state index in [9.17, 15) is 0 Å². The van der Waals surface area contributed by atoms with Gasteiger partial charge in [0.05, 0.1) is 15.6 Å². The van der Waals surface area contributed by atoms with Crippen LogP contribution in [-0.4, -0.2) is 30.6 Å². The summed E-state index contributed by atoms with van der Waals surface area (Å²) in [6, 6.07) is 0. The Bertz CT molecular complexity index is 375. The Morgan fingerprint density at radius 1 is 1.56 bits per heavy atom. The van der Waals surface area contributed by atoms with E-state index in [-0.39, 0.29) is 6.10 Å². The van der Waals surface area contributed by atoms with Gasteiger partial charge in [-0.15, -0.1) is 11.3 Å². The number of ether oxygens (including phenoxy) is 1. The van der Waals surface area contributed by atoms with Crippen molar-refractivity contribution in [3.8, 4) is 5.75 Å². The first-order valence-electron chi connectivity index (χ1n) is 5.13. The Balaban J connectivity index is 2.09. The van der Waals surface area contributed by atoms with Crippen molar-refractivity contribution in [3.05, 3.63) is 14.7 Å². The number of piperidine rings is 1. The lowest BCUT2D eigenvalue weighted by atomic mass is 10.1. The number of nitrogens with zero attached hydrogens (tertiary/aromatic N) is 1. The van der Waals surface area contributed by atoms with Crippen molar-refractivity contribution in [2.45, 2.75) is 18.9 Å². The lowest BCUT2D eigenvalue weighted by Crippen LogP contribution is -2.34. The van der Waals surface area contributed by atoms with Crippen LogP contribution >= 0.6 is 27.3 Å². The molecule has 1 aromatic heterocycles. The maximum absolute atomic E-state index is 8.55. The molecule has 0 aliphatic carbocycles. The molecule has 4 nitrogen and oxygen atoms in total. The maximum Gasteiger partial charge on any atom is 0.153 e. The number of thiophene rings is 1. The van der Waals surface area contributed by atoms with Crippen molar-refractivity contribution in [1.82, 2.24) is 5.32 Å². The smallest absolute Gasteiger partial charge is 0.153 e. The molecule has 0 bridgehead atoms. The first-order chi connectivity index (χ1) is 7.81. The van der Waals surface area contributed by atoms with E-state index in [0.29, 0.717) is 0 Å². The number of oxime groups is 1. The molecule has 2 heterocycles. The first kappa shape index (κ1) is 11.9. The molecular formula is C10H13BrN2O2S. The van der Waals surface area contributed by atoms with Gasteiger partial charge in [-0.25, -0.2) is 0 Å². The van der Waals surface area contributed by atoms with Gasteiger partial charge in [0.1, 0.15) is 6.10 Å². The highest BCUT2D eigenvalue weighted by atomic mass is 79.9. The highest BCUT2D eigenvalue weighted by molar-refractivity contribution is 9.10. The molecule has 2 rings (SSSR count). The van der Waals surface area contributed by atoms with Crippen molar-refractivity contribution in [2.75, 3.05) is 13.1 Å².